The van der Waals surface area contributed by atoms with Gasteiger partial charge in [-0.3, -0.25) is 4.90 Å². The van der Waals surface area contributed by atoms with E-state index in [0.717, 1.165) is 24.9 Å². The van der Waals surface area contributed by atoms with Crippen molar-refractivity contribution in [3.63, 3.8) is 0 Å². The van der Waals surface area contributed by atoms with Crippen molar-refractivity contribution in [2.45, 2.75) is 19.0 Å². The maximum Gasteiger partial charge on any atom is 0.128 e. The molecule has 2 aliphatic heterocycles. The highest BCUT2D eigenvalue weighted by atomic mass is 15.4. The van der Waals surface area contributed by atoms with Crippen molar-refractivity contribution in [3.8, 4) is 0 Å². The first kappa shape index (κ1) is 11.9. The molecule has 18 heavy (non-hydrogen) atoms. The number of hydrogen-bond acceptors (Lipinski definition) is 4. The quantitative estimate of drug-likeness (QED) is 0.773. The highest BCUT2D eigenvalue weighted by molar-refractivity contribution is 5.41. The van der Waals surface area contributed by atoms with E-state index < -0.39 is 0 Å². The van der Waals surface area contributed by atoms with E-state index in [1.165, 1.54) is 19.6 Å². The zero-order chi connectivity index (χ0) is 12.5. The molecule has 0 aliphatic carbocycles. The van der Waals surface area contributed by atoms with Gasteiger partial charge in [0.1, 0.15) is 5.82 Å². The van der Waals surface area contributed by atoms with Crippen LogP contribution in [0.2, 0.25) is 0 Å². The van der Waals surface area contributed by atoms with Gasteiger partial charge in [0.15, 0.2) is 0 Å². The minimum absolute atomic E-state index is 0.683. The predicted molar refractivity (Wildman–Crippen MR) is 73.9 cm³/mol. The smallest absolute Gasteiger partial charge is 0.128 e. The Morgan fingerprint density at radius 3 is 2.67 bits per heavy atom. The third kappa shape index (κ3) is 2.22. The zero-order valence-electron chi connectivity index (χ0n) is 11.3. The number of piperazine rings is 1. The average Bonchev–Trinajstić information content (AvgIpc) is 2.33. The van der Waals surface area contributed by atoms with Crippen molar-refractivity contribution >= 4 is 5.82 Å². The summed E-state index contributed by atoms with van der Waals surface area (Å²) in [6.07, 6.45) is 1.88. The summed E-state index contributed by atoms with van der Waals surface area (Å²) in [6, 6.07) is 7.55. The molecule has 0 aromatic carbocycles. The summed E-state index contributed by atoms with van der Waals surface area (Å²) < 4.78 is 0. The number of rotatable bonds is 2. The first-order valence-corrected chi connectivity index (χ1v) is 6.84. The average molecular weight is 246 g/mol. The molecule has 4 heteroatoms. The Balaban J connectivity index is 1.53. The Bertz CT molecular complexity index is 388. The van der Waals surface area contributed by atoms with Crippen LogP contribution in [0.4, 0.5) is 5.82 Å². The van der Waals surface area contributed by atoms with Gasteiger partial charge in [0.05, 0.1) is 0 Å². The molecule has 3 rings (SSSR count). The highest BCUT2D eigenvalue weighted by Crippen LogP contribution is 2.23. The molecule has 0 amide bonds. The first-order chi connectivity index (χ1) is 8.74. The van der Waals surface area contributed by atoms with E-state index in [4.69, 9.17) is 0 Å². The maximum absolute atomic E-state index is 4.41. The fourth-order valence-electron chi connectivity index (χ4n) is 2.82. The van der Waals surface area contributed by atoms with E-state index in [1.807, 2.05) is 12.3 Å². The van der Waals surface area contributed by atoms with E-state index in [-0.39, 0.29) is 0 Å². The molecule has 3 heterocycles. The van der Waals surface area contributed by atoms with Crippen LogP contribution in [-0.2, 0) is 0 Å². The first-order valence-electron chi connectivity index (χ1n) is 6.84. The lowest BCUT2D eigenvalue weighted by Gasteiger charge is -2.49. The van der Waals surface area contributed by atoms with Gasteiger partial charge >= 0.3 is 0 Å². The molecular weight excluding hydrogens is 224 g/mol. The number of aromatic nitrogens is 1. The Morgan fingerprint density at radius 1 is 1.17 bits per heavy atom. The van der Waals surface area contributed by atoms with Crippen LogP contribution in [0.3, 0.4) is 0 Å². The molecule has 0 N–H and O–H groups in total. The van der Waals surface area contributed by atoms with E-state index in [1.54, 1.807) is 0 Å². The van der Waals surface area contributed by atoms with Crippen LogP contribution in [0.1, 0.15) is 6.92 Å². The van der Waals surface area contributed by atoms with Crippen LogP contribution < -0.4 is 4.90 Å². The van der Waals surface area contributed by atoms with Crippen LogP contribution in [0.15, 0.2) is 24.4 Å². The summed E-state index contributed by atoms with van der Waals surface area (Å²) in [6.45, 7) is 8.20. The summed E-state index contributed by atoms with van der Waals surface area (Å²) in [5.74, 6) is 1.12. The SMILES string of the molecule is C[C@H]1CN(C2CN(c3ccccn3)C2)CCN1C. The predicted octanol–water partition coefficient (Wildman–Crippen LogP) is 0.906. The molecule has 0 radical (unpaired) electrons. The fourth-order valence-corrected chi connectivity index (χ4v) is 2.82. The summed E-state index contributed by atoms with van der Waals surface area (Å²) >= 11 is 0. The minimum atomic E-state index is 0.683. The van der Waals surface area contributed by atoms with Crippen LogP contribution >= 0.6 is 0 Å². The minimum Gasteiger partial charge on any atom is -0.353 e. The molecule has 2 aliphatic rings. The van der Waals surface area contributed by atoms with Gasteiger partial charge < -0.3 is 9.80 Å². The van der Waals surface area contributed by atoms with Crippen molar-refractivity contribution in [2.75, 3.05) is 44.7 Å². The largest absolute Gasteiger partial charge is 0.353 e. The van der Waals surface area contributed by atoms with Crippen molar-refractivity contribution in [2.24, 2.45) is 0 Å². The number of anilines is 1. The summed E-state index contributed by atoms with van der Waals surface area (Å²) in [7, 11) is 2.23. The van der Waals surface area contributed by atoms with Gasteiger partial charge in [-0.2, -0.15) is 0 Å². The molecule has 98 valence electrons. The molecular formula is C14H22N4. The van der Waals surface area contributed by atoms with Gasteiger partial charge in [-0.1, -0.05) is 6.07 Å². The second-order valence-electron chi connectivity index (χ2n) is 5.57. The van der Waals surface area contributed by atoms with Crippen LogP contribution in [-0.4, -0.2) is 66.6 Å². The lowest BCUT2D eigenvalue weighted by atomic mass is 10.0. The number of nitrogens with zero attached hydrogens (tertiary/aromatic N) is 4. The molecule has 1 atom stereocenters. The molecule has 0 spiro atoms. The molecule has 0 bridgehead atoms. The van der Waals surface area contributed by atoms with Gasteiger partial charge in [-0.15, -0.1) is 0 Å². The second-order valence-corrected chi connectivity index (χ2v) is 5.57. The Kier molecular flexibility index (Phi) is 3.22. The van der Waals surface area contributed by atoms with Crippen molar-refractivity contribution in [1.29, 1.82) is 0 Å². The standard InChI is InChI=1S/C14H22N4/c1-12-9-17(8-7-16(12)2)13-10-18(11-13)14-5-3-4-6-15-14/h3-6,12-13H,7-11H2,1-2H3/t12-/m0/s1. The van der Waals surface area contributed by atoms with Gasteiger partial charge in [0, 0.05) is 51.0 Å². The normalized spacial score (nSPS) is 27.2. The van der Waals surface area contributed by atoms with E-state index in [9.17, 15) is 0 Å². The van der Waals surface area contributed by atoms with Gasteiger partial charge in [0.25, 0.3) is 0 Å². The topological polar surface area (TPSA) is 22.6 Å². The van der Waals surface area contributed by atoms with Crippen LogP contribution in [0, 0.1) is 0 Å². The number of hydrogen-bond donors (Lipinski definition) is 0. The van der Waals surface area contributed by atoms with Crippen molar-refractivity contribution < 1.29 is 0 Å². The van der Waals surface area contributed by atoms with Crippen LogP contribution in [0.25, 0.3) is 0 Å². The lowest BCUT2D eigenvalue weighted by Crippen LogP contribution is -2.64. The summed E-state index contributed by atoms with van der Waals surface area (Å²) in [5, 5.41) is 0. The monoisotopic (exact) mass is 246 g/mol. The molecule has 0 unspecified atom stereocenters. The fraction of sp³-hybridized carbons (Fsp3) is 0.643. The second kappa shape index (κ2) is 4.86. The lowest BCUT2D eigenvalue weighted by molar-refractivity contribution is 0.0610. The number of likely N-dealkylation sites (N-methyl/N-ethyl adjacent to an activating group) is 1. The third-order valence-corrected chi connectivity index (χ3v) is 4.34. The van der Waals surface area contributed by atoms with Crippen molar-refractivity contribution in [1.82, 2.24) is 14.8 Å². The molecule has 2 saturated heterocycles. The molecule has 1 aromatic heterocycles. The molecule has 2 fully saturated rings. The molecule has 1 aromatic rings. The third-order valence-electron chi connectivity index (χ3n) is 4.34. The Hall–Kier alpha value is -1.13. The molecule has 0 saturated carbocycles. The summed E-state index contributed by atoms with van der Waals surface area (Å²) in [4.78, 5) is 11.9. The highest BCUT2D eigenvalue weighted by Gasteiger charge is 2.35. The van der Waals surface area contributed by atoms with Gasteiger partial charge in [-0.05, 0) is 26.1 Å². The van der Waals surface area contributed by atoms with E-state index in [0.29, 0.717) is 6.04 Å². The number of pyridine rings is 1. The summed E-state index contributed by atoms with van der Waals surface area (Å²) in [5.41, 5.74) is 0. The van der Waals surface area contributed by atoms with Crippen molar-refractivity contribution in [3.05, 3.63) is 24.4 Å². The van der Waals surface area contributed by atoms with E-state index >= 15 is 0 Å². The molecule has 4 nitrogen and oxygen atoms in total. The maximum atomic E-state index is 4.41. The van der Waals surface area contributed by atoms with Gasteiger partial charge in [0.2, 0.25) is 0 Å². The Labute approximate surface area is 109 Å². The zero-order valence-corrected chi connectivity index (χ0v) is 11.3. The Morgan fingerprint density at radius 2 is 2.00 bits per heavy atom. The van der Waals surface area contributed by atoms with Crippen LogP contribution in [0.5, 0.6) is 0 Å². The van der Waals surface area contributed by atoms with Gasteiger partial charge in [-0.25, -0.2) is 4.98 Å². The van der Waals surface area contributed by atoms with E-state index in [2.05, 4.69) is 45.8 Å².